The fourth-order valence-electron chi connectivity index (χ4n) is 3.27. The molecule has 1 aliphatic heterocycles. The van der Waals surface area contributed by atoms with E-state index >= 15 is 0 Å². The number of phenolic OH excluding ortho intramolecular Hbond substituents is 1. The van der Waals surface area contributed by atoms with Gasteiger partial charge in [-0.3, -0.25) is 4.79 Å². The van der Waals surface area contributed by atoms with E-state index in [0.717, 1.165) is 26.2 Å². The zero-order chi connectivity index (χ0) is 20.1. The molecule has 0 atom stereocenters. The molecule has 0 bridgehead atoms. The average Bonchev–Trinajstić information content (AvgIpc) is 2.69. The number of nitrogens with one attached hydrogen (secondary N) is 1. The molecule has 2 aromatic rings. The van der Waals surface area contributed by atoms with Gasteiger partial charge < -0.3 is 20.2 Å². The van der Waals surface area contributed by atoms with Crippen LogP contribution in [0, 0.1) is 25.2 Å². The Labute approximate surface area is 177 Å². The molecule has 0 unspecified atom stereocenters. The van der Waals surface area contributed by atoms with Crippen LogP contribution >= 0.6 is 12.4 Å². The van der Waals surface area contributed by atoms with Gasteiger partial charge in [0, 0.05) is 49.8 Å². The Morgan fingerprint density at radius 3 is 2.48 bits per heavy atom. The smallest absolute Gasteiger partial charge is 0.267 e. The van der Waals surface area contributed by atoms with E-state index in [4.69, 9.17) is 0 Å². The van der Waals surface area contributed by atoms with Gasteiger partial charge in [-0.05, 0) is 43.2 Å². The standard InChI is InChI=1S/C22H24N4O2.ClH/c1-16-5-3-8-21(17(16)2)26-11-9-25(10-12-26)15-18(14-23)22(28)24-19-6-4-7-20(27)13-19;/h3-8,13,15,27H,9-12H2,1-2H3,(H,24,28);1H/b18-15-;. The van der Waals surface area contributed by atoms with Gasteiger partial charge in [-0.25, -0.2) is 0 Å². The quantitative estimate of drug-likeness (QED) is 0.592. The molecule has 1 fully saturated rings. The van der Waals surface area contributed by atoms with E-state index in [1.165, 1.54) is 28.9 Å². The summed E-state index contributed by atoms with van der Waals surface area (Å²) in [6.07, 6.45) is 1.62. The lowest BCUT2D eigenvalue weighted by Gasteiger charge is -2.36. The van der Waals surface area contributed by atoms with Crippen molar-refractivity contribution in [1.82, 2.24) is 4.90 Å². The first-order chi connectivity index (χ1) is 13.5. The van der Waals surface area contributed by atoms with Gasteiger partial charge in [-0.2, -0.15) is 5.26 Å². The minimum atomic E-state index is -0.481. The third-order valence-corrected chi connectivity index (χ3v) is 5.01. The number of nitrogens with zero attached hydrogens (tertiary/aromatic N) is 3. The van der Waals surface area contributed by atoms with Crippen molar-refractivity contribution < 1.29 is 9.90 Å². The predicted molar refractivity (Wildman–Crippen MR) is 117 cm³/mol. The van der Waals surface area contributed by atoms with E-state index < -0.39 is 5.91 Å². The highest BCUT2D eigenvalue weighted by Crippen LogP contribution is 2.24. The number of carbonyl (C=O) groups excluding carboxylic acids is 1. The minimum absolute atomic E-state index is 0. The molecule has 1 saturated heterocycles. The number of piperazine rings is 1. The molecular formula is C22H25ClN4O2. The van der Waals surface area contributed by atoms with Gasteiger partial charge in [-0.15, -0.1) is 12.4 Å². The molecular weight excluding hydrogens is 388 g/mol. The Morgan fingerprint density at radius 1 is 1.14 bits per heavy atom. The number of anilines is 2. The molecule has 6 nitrogen and oxygen atoms in total. The second kappa shape index (κ2) is 9.85. The third kappa shape index (κ3) is 5.43. The molecule has 1 amide bonds. The molecule has 0 radical (unpaired) electrons. The number of phenols is 1. The lowest BCUT2D eigenvalue weighted by atomic mass is 10.1. The van der Waals surface area contributed by atoms with Crippen molar-refractivity contribution in [2.45, 2.75) is 13.8 Å². The van der Waals surface area contributed by atoms with Crippen LogP contribution in [0.15, 0.2) is 54.2 Å². The van der Waals surface area contributed by atoms with Gasteiger partial charge in [0.05, 0.1) is 0 Å². The zero-order valence-corrected chi connectivity index (χ0v) is 17.4. The number of aryl methyl sites for hydroxylation is 1. The molecule has 0 aromatic heterocycles. The summed E-state index contributed by atoms with van der Waals surface area (Å²) in [5.74, 6) is -0.423. The summed E-state index contributed by atoms with van der Waals surface area (Å²) in [7, 11) is 0. The number of rotatable bonds is 4. The van der Waals surface area contributed by atoms with Crippen LogP contribution in [-0.2, 0) is 4.79 Å². The van der Waals surface area contributed by atoms with Crippen LogP contribution in [0.5, 0.6) is 5.75 Å². The normalized spacial score (nSPS) is 14.0. The van der Waals surface area contributed by atoms with Crippen LogP contribution in [0.2, 0.25) is 0 Å². The summed E-state index contributed by atoms with van der Waals surface area (Å²) in [6.45, 7) is 7.37. The Hall–Kier alpha value is -3.17. The average molecular weight is 413 g/mol. The second-order valence-electron chi connectivity index (χ2n) is 6.90. The Bertz CT molecular complexity index is 944. The van der Waals surface area contributed by atoms with Crippen LogP contribution in [0.3, 0.4) is 0 Å². The van der Waals surface area contributed by atoms with Gasteiger partial charge in [0.25, 0.3) is 5.91 Å². The summed E-state index contributed by atoms with van der Waals surface area (Å²) in [4.78, 5) is 16.7. The molecule has 0 aliphatic carbocycles. The largest absolute Gasteiger partial charge is 0.508 e. The van der Waals surface area contributed by atoms with Crippen LogP contribution < -0.4 is 10.2 Å². The lowest BCUT2D eigenvalue weighted by Crippen LogP contribution is -2.44. The van der Waals surface area contributed by atoms with Crippen LogP contribution in [0.4, 0.5) is 11.4 Å². The number of halogens is 1. The molecule has 7 heteroatoms. The number of amides is 1. The lowest BCUT2D eigenvalue weighted by molar-refractivity contribution is -0.112. The molecule has 1 heterocycles. The van der Waals surface area contributed by atoms with Crippen molar-refractivity contribution in [3.63, 3.8) is 0 Å². The molecule has 1 aliphatic rings. The summed E-state index contributed by atoms with van der Waals surface area (Å²) in [6, 6.07) is 14.6. The molecule has 29 heavy (non-hydrogen) atoms. The minimum Gasteiger partial charge on any atom is -0.508 e. The molecule has 2 aromatic carbocycles. The van der Waals surface area contributed by atoms with E-state index in [-0.39, 0.29) is 23.7 Å². The Kier molecular flexibility index (Phi) is 7.52. The summed E-state index contributed by atoms with van der Waals surface area (Å²) in [5.41, 5.74) is 4.30. The summed E-state index contributed by atoms with van der Waals surface area (Å²) in [5, 5.41) is 21.5. The van der Waals surface area contributed by atoms with Crippen LogP contribution in [0.1, 0.15) is 11.1 Å². The maximum Gasteiger partial charge on any atom is 0.267 e. The van der Waals surface area contributed by atoms with Gasteiger partial charge >= 0.3 is 0 Å². The zero-order valence-electron chi connectivity index (χ0n) is 16.6. The maximum atomic E-state index is 12.4. The Balaban J connectivity index is 0.00000300. The highest BCUT2D eigenvalue weighted by Gasteiger charge is 2.19. The van der Waals surface area contributed by atoms with Crippen LogP contribution in [-0.4, -0.2) is 42.1 Å². The van der Waals surface area contributed by atoms with E-state index in [1.54, 1.807) is 18.3 Å². The maximum absolute atomic E-state index is 12.4. The van der Waals surface area contributed by atoms with E-state index in [1.807, 2.05) is 11.0 Å². The number of benzene rings is 2. The van der Waals surface area contributed by atoms with E-state index in [2.05, 4.69) is 42.3 Å². The van der Waals surface area contributed by atoms with Gasteiger partial charge in [0.15, 0.2) is 0 Å². The fourth-order valence-corrected chi connectivity index (χ4v) is 3.27. The first kappa shape index (κ1) is 22.1. The van der Waals surface area contributed by atoms with Crippen LogP contribution in [0.25, 0.3) is 0 Å². The molecule has 152 valence electrons. The predicted octanol–water partition coefficient (Wildman–Crippen LogP) is 3.60. The number of aromatic hydroxyl groups is 1. The molecule has 0 spiro atoms. The number of hydrogen-bond acceptors (Lipinski definition) is 5. The van der Waals surface area contributed by atoms with Crippen molar-refractivity contribution in [1.29, 1.82) is 5.26 Å². The van der Waals surface area contributed by atoms with Crippen molar-refractivity contribution in [2.75, 3.05) is 36.4 Å². The Morgan fingerprint density at radius 2 is 1.83 bits per heavy atom. The monoisotopic (exact) mass is 412 g/mol. The topological polar surface area (TPSA) is 79.6 Å². The van der Waals surface area contributed by atoms with Crippen molar-refractivity contribution in [3.8, 4) is 11.8 Å². The molecule has 0 saturated carbocycles. The van der Waals surface area contributed by atoms with Crippen molar-refractivity contribution in [2.24, 2.45) is 0 Å². The molecule has 3 rings (SSSR count). The summed E-state index contributed by atoms with van der Waals surface area (Å²) >= 11 is 0. The van der Waals surface area contributed by atoms with Gasteiger partial charge in [0.2, 0.25) is 0 Å². The van der Waals surface area contributed by atoms with Gasteiger partial charge in [-0.1, -0.05) is 18.2 Å². The highest BCUT2D eigenvalue weighted by atomic mass is 35.5. The molecule has 2 N–H and O–H groups in total. The number of nitriles is 1. The number of hydrogen-bond donors (Lipinski definition) is 2. The highest BCUT2D eigenvalue weighted by molar-refractivity contribution is 6.06. The van der Waals surface area contributed by atoms with E-state index in [0.29, 0.717) is 5.69 Å². The third-order valence-electron chi connectivity index (χ3n) is 5.01. The van der Waals surface area contributed by atoms with E-state index in [9.17, 15) is 15.2 Å². The van der Waals surface area contributed by atoms with Crippen molar-refractivity contribution in [3.05, 3.63) is 65.4 Å². The van der Waals surface area contributed by atoms with Crippen molar-refractivity contribution >= 4 is 29.7 Å². The number of carbonyl (C=O) groups is 1. The SMILES string of the molecule is Cc1cccc(N2CCN(/C=C(/C#N)C(=O)Nc3cccc(O)c3)CC2)c1C.Cl. The second-order valence-corrected chi connectivity index (χ2v) is 6.90. The summed E-state index contributed by atoms with van der Waals surface area (Å²) < 4.78 is 0. The fraction of sp³-hybridized carbons (Fsp3) is 0.273. The first-order valence-corrected chi connectivity index (χ1v) is 9.25. The first-order valence-electron chi connectivity index (χ1n) is 9.25. The van der Waals surface area contributed by atoms with Gasteiger partial charge in [0.1, 0.15) is 17.4 Å².